The maximum absolute atomic E-state index is 13.4. The number of esters is 1. The number of carbonyl (C=O) groups is 1. The standard InChI is InChI=1S/C9H8F3NO2/c1-4-6(8(11)12)7(10)5(3-13-4)9(14)15-2/h3,8H,1-2H3. The Hall–Kier alpha value is -1.59. The first-order valence-corrected chi connectivity index (χ1v) is 4.00. The van der Waals surface area contributed by atoms with Crippen molar-refractivity contribution in [1.82, 2.24) is 4.98 Å². The van der Waals surface area contributed by atoms with E-state index in [0.29, 0.717) is 0 Å². The SMILES string of the molecule is COC(=O)c1cnc(C)c(C(F)F)c1F. The molecule has 0 saturated heterocycles. The Morgan fingerprint density at radius 3 is 2.60 bits per heavy atom. The predicted octanol–water partition coefficient (Wildman–Crippen LogP) is 2.25. The summed E-state index contributed by atoms with van der Waals surface area (Å²) in [5.74, 6) is -2.30. The molecule has 0 amide bonds. The van der Waals surface area contributed by atoms with Crippen molar-refractivity contribution in [1.29, 1.82) is 0 Å². The average molecular weight is 219 g/mol. The van der Waals surface area contributed by atoms with Crippen LogP contribution in [0.3, 0.4) is 0 Å². The zero-order valence-electron chi connectivity index (χ0n) is 8.05. The lowest BCUT2D eigenvalue weighted by Crippen LogP contribution is -2.10. The van der Waals surface area contributed by atoms with E-state index in [1.165, 1.54) is 6.92 Å². The van der Waals surface area contributed by atoms with Crippen LogP contribution in [0.2, 0.25) is 0 Å². The maximum Gasteiger partial charge on any atom is 0.342 e. The van der Waals surface area contributed by atoms with E-state index >= 15 is 0 Å². The highest BCUT2D eigenvalue weighted by atomic mass is 19.3. The fraction of sp³-hybridized carbons (Fsp3) is 0.333. The molecular formula is C9H8F3NO2. The van der Waals surface area contributed by atoms with Gasteiger partial charge in [0.1, 0.15) is 11.4 Å². The van der Waals surface area contributed by atoms with Gasteiger partial charge in [-0.15, -0.1) is 0 Å². The van der Waals surface area contributed by atoms with Crippen LogP contribution in [0.4, 0.5) is 13.2 Å². The summed E-state index contributed by atoms with van der Waals surface area (Å²) in [5, 5.41) is 0. The second-order valence-electron chi connectivity index (χ2n) is 2.78. The number of ether oxygens (including phenoxy) is 1. The zero-order chi connectivity index (χ0) is 11.6. The molecule has 1 aromatic heterocycles. The van der Waals surface area contributed by atoms with Crippen molar-refractivity contribution in [3.05, 3.63) is 28.8 Å². The van der Waals surface area contributed by atoms with Crippen LogP contribution in [0.25, 0.3) is 0 Å². The molecule has 0 N–H and O–H groups in total. The Kier molecular flexibility index (Phi) is 3.28. The molecule has 0 fully saturated rings. The average Bonchev–Trinajstić information content (AvgIpc) is 2.16. The van der Waals surface area contributed by atoms with E-state index < -0.39 is 29.3 Å². The number of pyridine rings is 1. The molecule has 0 atom stereocenters. The summed E-state index contributed by atoms with van der Waals surface area (Å²) in [6.45, 7) is 1.24. The molecule has 3 nitrogen and oxygen atoms in total. The Bertz CT molecular complexity index is 393. The second kappa shape index (κ2) is 4.29. The number of aryl methyl sites for hydroxylation is 1. The summed E-state index contributed by atoms with van der Waals surface area (Å²) in [7, 11) is 1.03. The number of nitrogens with zero attached hydrogens (tertiary/aromatic N) is 1. The molecule has 0 unspecified atom stereocenters. The van der Waals surface area contributed by atoms with Gasteiger partial charge in [0.15, 0.2) is 0 Å². The number of rotatable bonds is 2. The number of aromatic nitrogens is 1. The van der Waals surface area contributed by atoms with Crippen molar-refractivity contribution in [3.8, 4) is 0 Å². The summed E-state index contributed by atoms with van der Waals surface area (Å²) >= 11 is 0. The van der Waals surface area contributed by atoms with E-state index in [0.717, 1.165) is 13.3 Å². The number of halogens is 3. The molecule has 0 spiro atoms. The zero-order valence-corrected chi connectivity index (χ0v) is 8.05. The summed E-state index contributed by atoms with van der Waals surface area (Å²) in [4.78, 5) is 14.5. The van der Waals surface area contributed by atoms with E-state index in [2.05, 4.69) is 9.72 Å². The quantitative estimate of drug-likeness (QED) is 0.716. The Morgan fingerprint density at radius 1 is 1.53 bits per heavy atom. The highest BCUT2D eigenvalue weighted by Crippen LogP contribution is 2.26. The van der Waals surface area contributed by atoms with Crippen molar-refractivity contribution < 1.29 is 22.7 Å². The fourth-order valence-electron chi connectivity index (χ4n) is 1.10. The van der Waals surface area contributed by atoms with Crippen molar-refractivity contribution in [2.75, 3.05) is 7.11 Å². The van der Waals surface area contributed by atoms with Crippen LogP contribution < -0.4 is 0 Å². The maximum atomic E-state index is 13.4. The molecule has 1 aromatic rings. The Morgan fingerprint density at radius 2 is 2.13 bits per heavy atom. The molecule has 0 aliphatic carbocycles. The molecule has 0 bridgehead atoms. The van der Waals surface area contributed by atoms with E-state index in [-0.39, 0.29) is 5.69 Å². The number of hydrogen-bond donors (Lipinski definition) is 0. The van der Waals surface area contributed by atoms with Gasteiger partial charge in [-0.25, -0.2) is 18.0 Å². The first kappa shape index (κ1) is 11.5. The fourth-order valence-corrected chi connectivity index (χ4v) is 1.10. The van der Waals surface area contributed by atoms with Gasteiger partial charge in [-0.05, 0) is 6.92 Å². The predicted molar refractivity (Wildman–Crippen MR) is 45.2 cm³/mol. The van der Waals surface area contributed by atoms with Crippen LogP contribution in [0.15, 0.2) is 6.20 Å². The summed E-state index contributed by atoms with van der Waals surface area (Å²) in [5.41, 5.74) is -1.59. The number of carbonyl (C=O) groups excluding carboxylic acids is 1. The topological polar surface area (TPSA) is 39.2 Å². The van der Waals surface area contributed by atoms with Gasteiger partial charge in [0.05, 0.1) is 12.7 Å². The molecule has 0 radical (unpaired) electrons. The van der Waals surface area contributed by atoms with E-state index in [9.17, 15) is 18.0 Å². The first-order chi connectivity index (χ1) is 6.99. The number of methoxy groups -OCH3 is 1. The van der Waals surface area contributed by atoms with Gasteiger partial charge in [-0.1, -0.05) is 0 Å². The molecule has 0 saturated carbocycles. The third-order valence-electron chi connectivity index (χ3n) is 1.87. The molecule has 0 aliphatic rings. The highest BCUT2D eigenvalue weighted by molar-refractivity contribution is 5.89. The lowest BCUT2D eigenvalue weighted by atomic mass is 10.1. The molecule has 6 heteroatoms. The van der Waals surface area contributed by atoms with Crippen molar-refractivity contribution in [2.24, 2.45) is 0 Å². The van der Waals surface area contributed by atoms with Gasteiger partial charge >= 0.3 is 5.97 Å². The van der Waals surface area contributed by atoms with Crippen LogP contribution in [-0.4, -0.2) is 18.1 Å². The molecule has 1 rings (SSSR count). The normalized spacial score (nSPS) is 10.5. The van der Waals surface area contributed by atoms with Gasteiger partial charge in [-0.3, -0.25) is 4.98 Å². The Labute approximate surface area is 83.9 Å². The van der Waals surface area contributed by atoms with Crippen molar-refractivity contribution in [2.45, 2.75) is 13.3 Å². The lowest BCUT2D eigenvalue weighted by molar-refractivity contribution is 0.0593. The van der Waals surface area contributed by atoms with Gasteiger partial charge < -0.3 is 4.74 Å². The van der Waals surface area contributed by atoms with Crippen molar-refractivity contribution >= 4 is 5.97 Å². The molecule has 82 valence electrons. The third kappa shape index (κ3) is 2.08. The van der Waals surface area contributed by atoms with Gasteiger partial charge in [0.2, 0.25) is 0 Å². The van der Waals surface area contributed by atoms with E-state index in [4.69, 9.17) is 0 Å². The van der Waals surface area contributed by atoms with Crippen LogP contribution >= 0.6 is 0 Å². The lowest BCUT2D eigenvalue weighted by Gasteiger charge is -2.08. The first-order valence-electron chi connectivity index (χ1n) is 4.00. The van der Waals surface area contributed by atoms with Gasteiger partial charge in [0, 0.05) is 11.9 Å². The van der Waals surface area contributed by atoms with Crippen molar-refractivity contribution in [3.63, 3.8) is 0 Å². The van der Waals surface area contributed by atoms with E-state index in [1.807, 2.05) is 0 Å². The summed E-state index contributed by atoms with van der Waals surface area (Å²) in [6, 6.07) is 0. The summed E-state index contributed by atoms with van der Waals surface area (Å²) in [6.07, 6.45) is -2.13. The number of hydrogen-bond acceptors (Lipinski definition) is 3. The van der Waals surface area contributed by atoms with Gasteiger partial charge in [0.25, 0.3) is 6.43 Å². The van der Waals surface area contributed by atoms with Crippen LogP contribution in [-0.2, 0) is 4.74 Å². The molecule has 1 heterocycles. The second-order valence-corrected chi connectivity index (χ2v) is 2.78. The largest absolute Gasteiger partial charge is 0.465 e. The molecular weight excluding hydrogens is 211 g/mol. The minimum absolute atomic E-state index is 0.143. The minimum atomic E-state index is -3.01. The minimum Gasteiger partial charge on any atom is -0.465 e. The Balaban J connectivity index is 3.35. The third-order valence-corrected chi connectivity index (χ3v) is 1.87. The van der Waals surface area contributed by atoms with Gasteiger partial charge in [-0.2, -0.15) is 0 Å². The van der Waals surface area contributed by atoms with E-state index in [1.54, 1.807) is 0 Å². The smallest absolute Gasteiger partial charge is 0.342 e. The van der Waals surface area contributed by atoms with Crippen LogP contribution in [0, 0.1) is 12.7 Å². The molecule has 0 aliphatic heterocycles. The van der Waals surface area contributed by atoms with Crippen LogP contribution in [0.1, 0.15) is 28.0 Å². The highest BCUT2D eigenvalue weighted by Gasteiger charge is 2.23. The van der Waals surface area contributed by atoms with Crippen LogP contribution in [0.5, 0.6) is 0 Å². The number of alkyl halides is 2. The summed E-state index contributed by atoms with van der Waals surface area (Å²) < 4.78 is 42.4. The molecule has 15 heavy (non-hydrogen) atoms. The monoisotopic (exact) mass is 219 g/mol. The molecule has 0 aromatic carbocycles.